The first-order chi connectivity index (χ1) is 12.7. The number of aromatic nitrogens is 3. The van der Waals surface area contributed by atoms with E-state index >= 15 is 0 Å². The van der Waals surface area contributed by atoms with Gasteiger partial charge in [-0.05, 0) is 42.0 Å². The van der Waals surface area contributed by atoms with E-state index in [0.29, 0.717) is 12.5 Å². The SMILES string of the molecule is CC1CCCN(c2ncnc3[nH]cc(-c4ccc5c(c4)CNC5=O)c23)C1. The monoisotopic (exact) mass is 347 g/mol. The van der Waals surface area contributed by atoms with Crippen molar-refractivity contribution in [1.29, 1.82) is 0 Å². The van der Waals surface area contributed by atoms with Crippen LogP contribution >= 0.6 is 0 Å². The van der Waals surface area contributed by atoms with E-state index in [9.17, 15) is 4.79 Å². The Kier molecular flexibility index (Phi) is 3.45. The fraction of sp³-hybridized carbons (Fsp3) is 0.350. The Morgan fingerprint density at radius 3 is 3.04 bits per heavy atom. The van der Waals surface area contributed by atoms with E-state index in [-0.39, 0.29) is 5.91 Å². The van der Waals surface area contributed by atoms with Crippen molar-refractivity contribution in [2.45, 2.75) is 26.3 Å². The second-order valence-corrected chi connectivity index (χ2v) is 7.37. The van der Waals surface area contributed by atoms with Crippen LogP contribution in [0.1, 0.15) is 35.7 Å². The quantitative estimate of drug-likeness (QED) is 0.747. The number of nitrogens with zero attached hydrogens (tertiary/aromatic N) is 3. The fourth-order valence-corrected chi connectivity index (χ4v) is 4.20. The number of piperidine rings is 1. The van der Waals surface area contributed by atoms with E-state index in [1.165, 1.54) is 12.8 Å². The van der Waals surface area contributed by atoms with Crippen LogP contribution in [0.15, 0.2) is 30.7 Å². The number of rotatable bonds is 2. The van der Waals surface area contributed by atoms with Gasteiger partial charge in [0.15, 0.2) is 0 Å². The Hall–Kier alpha value is -2.89. The summed E-state index contributed by atoms with van der Waals surface area (Å²) in [6.07, 6.45) is 6.11. The van der Waals surface area contributed by atoms with Crippen LogP contribution in [0.4, 0.5) is 5.82 Å². The summed E-state index contributed by atoms with van der Waals surface area (Å²) in [5, 5.41) is 3.95. The minimum atomic E-state index is 0.0109. The maximum absolute atomic E-state index is 11.8. The zero-order valence-corrected chi connectivity index (χ0v) is 14.7. The number of benzene rings is 1. The first kappa shape index (κ1) is 15.4. The van der Waals surface area contributed by atoms with Crippen molar-refractivity contribution in [3.8, 4) is 11.1 Å². The molecular weight excluding hydrogens is 326 g/mol. The average molecular weight is 347 g/mol. The molecule has 0 spiro atoms. The summed E-state index contributed by atoms with van der Waals surface area (Å²) in [4.78, 5) is 26.6. The molecule has 2 N–H and O–H groups in total. The molecule has 5 rings (SSSR count). The van der Waals surface area contributed by atoms with Gasteiger partial charge in [0.2, 0.25) is 0 Å². The summed E-state index contributed by atoms with van der Waals surface area (Å²) in [6.45, 7) is 4.95. The lowest BCUT2D eigenvalue weighted by Gasteiger charge is -2.32. The highest BCUT2D eigenvalue weighted by atomic mass is 16.1. The highest BCUT2D eigenvalue weighted by molar-refractivity contribution is 6.03. The van der Waals surface area contributed by atoms with Crippen LogP contribution in [0.5, 0.6) is 0 Å². The van der Waals surface area contributed by atoms with Crippen LogP contribution < -0.4 is 10.2 Å². The minimum Gasteiger partial charge on any atom is -0.356 e. The van der Waals surface area contributed by atoms with E-state index in [2.05, 4.69) is 38.2 Å². The third kappa shape index (κ3) is 2.36. The highest BCUT2D eigenvalue weighted by Gasteiger charge is 2.24. The summed E-state index contributed by atoms with van der Waals surface area (Å²) < 4.78 is 0. The molecule has 4 heterocycles. The number of H-pyrrole nitrogens is 1. The zero-order chi connectivity index (χ0) is 17.7. The Morgan fingerprint density at radius 1 is 1.23 bits per heavy atom. The number of amides is 1. The van der Waals surface area contributed by atoms with Crippen LogP contribution in [0, 0.1) is 5.92 Å². The standard InChI is InChI=1S/C20H21N5O/c1-12-3-2-6-25(10-12)19-17-16(9-21-18(17)23-11-24-19)13-4-5-15-14(7-13)8-22-20(15)26/h4-5,7,9,11-12H,2-3,6,8,10H2,1H3,(H,22,26)(H,21,23,24). The summed E-state index contributed by atoms with van der Waals surface area (Å²) in [5.74, 6) is 1.69. The third-order valence-electron chi connectivity index (χ3n) is 5.51. The van der Waals surface area contributed by atoms with Gasteiger partial charge in [-0.3, -0.25) is 4.79 Å². The lowest BCUT2D eigenvalue weighted by atomic mass is 9.98. The number of carbonyl (C=O) groups excluding carboxylic acids is 1. The number of anilines is 1. The number of fused-ring (bicyclic) bond motifs is 2. The van der Waals surface area contributed by atoms with Gasteiger partial charge >= 0.3 is 0 Å². The normalized spacial score (nSPS) is 19.7. The Labute approximate surface area is 151 Å². The van der Waals surface area contributed by atoms with Crippen molar-refractivity contribution in [1.82, 2.24) is 20.3 Å². The molecule has 0 saturated carbocycles. The topological polar surface area (TPSA) is 73.9 Å². The molecule has 2 aliphatic rings. The van der Waals surface area contributed by atoms with E-state index in [1.54, 1.807) is 6.33 Å². The number of hydrogen-bond donors (Lipinski definition) is 2. The molecule has 2 aromatic heterocycles. The second-order valence-electron chi connectivity index (χ2n) is 7.37. The Balaban J connectivity index is 1.64. The molecule has 1 aromatic carbocycles. The van der Waals surface area contributed by atoms with Gasteiger partial charge in [-0.2, -0.15) is 0 Å². The van der Waals surface area contributed by atoms with Crippen LogP contribution in [0.3, 0.4) is 0 Å². The predicted octanol–water partition coefficient (Wildman–Crippen LogP) is 3.10. The molecule has 2 aliphatic heterocycles. The Morgan fingerprint density at radius 2 is 2.15 bits per heavy atom. The summed E-state index contributed by atoms with van der Waals surface area (Å²) in [7, 11) is 0. The zero-order valence-electron chi connectivity index (χ0n) is 14.7. The first-order valence-electron chi connectivity index (χ1n) is 9.19. The molecule has 26 heavy (non-hydrogen) atoms. The number of nitrogens with one attached hydrogen (secondary N) is 2. The summed E-state index contributed by atoms with van der Waals surface area (Å²) in [5.41, 5.74) is 4.86. The molecule has 1 amide bonds. The maximum Gasteiger partial charge on any atom is 0.251 e. The molecule has 1 unspecified atom stereocenters. The van der Waals surface area contributed by atoms with Crippen LogP contribution in [0.25, 0.3) is 22.2 Å². The van der Waals surface area contributed by atoms with E-state index in [4.69, 9.17) is 0 Å². The molecule has 0 bridgehead atoms. The molecule has 0 radical (unpaired) electrons. The van der Waals surface area contributed by atoms with Crippen LogP contribution in [0.2, 0.25) is 0 Å². The van der Waals surface area contributed by atoms with E-state index < -0.39 is 0 Å². The van der Waals surface area contributed by atoms with Gasteiger partial charge in [0.1, 0.15) is 17.8 Å². The predicted molar refractivity (Wildman–Crippen MR) is 101 cm³/mol. The van der Waals surface area contributed by atoms with Gasteiger partial charge in [-0.25, -0.2) is 9.97 Å². The number of carbonyl (C=O) groups is 1. The lowest BCUT2D eigenvalue weighted by Crippen LogP contribution is -2.35. The molecular formula is C20H21N5O. The van der Waals surface area contributed by atoms with Crippen molar-refractivity contribution in [3.63, 3.8) is 0 Å². The van der Waals surface area contributed by atoms with E-state index in [0.717, 1.165) is 52.2 Å². The smallest absolute Gasteiger partial charge is 0.251 e. The van der Waals surface area contributed by atoms with Gasteiger partial charge in [0.25, 0.3) is 5.91 Å². The van der Waals surface area contributed by atoms with Crippen molar-refractivity contribution >= 4 is 22.8 Å². The molecule has 1 saturated heterocycles. The Bertz CT molecular complexity index is 1010. The first-order valence-corrected chi connectivity index (χ1v) is 9.19. The number of aromatic amines is 1. The minimum absolute atomic E-state index is 0.0109. The molecule has 132 valence electrons. The summed E-state index contributed by atoms with van der Waals surface area (Å²) >= 11 is 0. The highest BCUT2D eigenvalue weighted by Crippen LogP contribution is 2.36. The van der Waals surface area contributed by atoms with Crippen LogP contribution in [-0.4, -0.2) is 33.9 Å². The van der Waals surface area contributed by atoms with Crippen molar-refractivity contribution in [2.75, 3.05) is 18.0 Å². The molecule has 0 aliphatic carbocycles. The third-order valence-corrected chi connectivity index (χ3v) is 5.51. The van der Waals surface area contributed by atoms with Gasteiger partial charge in [0.05, 0.1) is 5.39 Å². The molecule has 6 heteroatoms. The summed E-state index contributed by atoms with van der Waals surface area (Å²) in [6, 6.07) is 6.03. The molecule has 1 atom stereocenters. The van der Waals surface area contributed by atoms with Crippen molar-refractivity contribution in [2.24, 2.45) is 5.92 Å². The van der Waals surface area contributed by atoms with Crippen molar-refractivity contribution < 1.29 is 4.79 Å². The molecule has 6 nitrogen and oxygen atoms in total. The second kappa shape index (κ2) is 5.83. The van der Waals surface area contributed by atoms with Gasteiger partial charge in [0, 0.05) is 37.0 Å². The van der Waals surface area contributed by atoms with E-state index in [1.807, 2.05) is 18.3 Å². The van der Waals surface area contributed by atoms with Gasteiger partial charge in [-0.1, -0.05) is 13.0 Å². The number of hydrogen-bond acceptors (Lipinski definition) is 4. The lowest BCUT2D eigenvalue weighted by molar-refractivity contribution is 0.0966. The fourth-order valence-electron chi connectivity index (χ4n) is 4.20. The molecule has 1 fully saturated rings. The average Bonchev–Trinajstić information content (AvgIpc) is 3.25. The van der Waals surface area contributed by atoms with Gasteiger partial charge < -0.3 is 15.2 Å². The van der Waals surface area contributed by atoms with Crippen molar-refractivity contribution in [3.05, 3.63) is 41.9 Å². The van der Waals surface area contributed by atoms with Crippen LogP contribution in [-0.2, 0) is 6.54 Å². The molecule has 3 aromatic rings. The van der Waals surface area contributed by atoms with Gasteiger partial charge in [-0.15, -0.1) is 0 Å². The maximum atomic E-state index is 11.8. The largest absolute Gasteiger partial charge is 0.356 e.